The lowest BCUT2D eigenvalue weighted by Gasteiger charge is -2.33. The average Bonchev–Trinajstić information content (AvgIpc) is 2.99. The molecule has 0 radical (unpaired) electrons. The van der Waals surface area contributed by atoms with Crippen LogP contribution >= 0.6 is 23.2 Å². The summed E-state index contributed by atoms with van der Waals surface area (Å²) in [7, 11) is -1.36. The van der Waals surface area contributed by atoms with Crippen LogP contribution in [0.5, 0.6) is 11.5 Å². The number of benzene rings is 3. The highest BCUT2D eigenvalue weighted by Gasteiger charge is 2.33. The molecule has 0 aliphatic carbocycles. The maximum absolute atomic E-state index is 14.1. The second kappa shape index (κ2) is 14.6. The number of carbonyl (C=O) groups excluding carboxylic acids is 2. The molecule has 0 aromatic heterocycles. The highest BCUT2D eigenvalue weighted by Crippen LogP contribution is 2.34. The summed E-state index contributed by atoms with van der Waals surface area (Å²) in [4.78, 5) is 28.6. The van der Waals surface area contributed by atoms with Crippen LogP contribution in [0.4, 0.5) is 5.69 Å². The van der Waals surface area contributed by atoms with Crippen molar-refractivity contribution in [2.75, 3.05) is 25.1 Å². The van der Waals surface area contributed by atoms with E-state index in [2.05, 4.69) is 5.32 Å². The number of halogens is 2. The zero-order valence-corrected chi connectivity index (χ0v) is 26.5. The predicted octanol–water partition coefficient (Wildman–Crippen LogP) is 5.54. The molecule has 1 N–H and O–H groups in total. The molecule has 0 aliphatic heterocycles. The largest absolute Gasteiger partial charge is 0.493 e. The third-order valence-electron chi connectivity index (χ3n) is 6.82. The molecule has 0 spiro atoms. The van der Waals surface area contributed by atoms with E-state index in [4.69, 9.17) is 32.7 Å². The topological polar surface area (TPSA) is 105 Å². The summed E-state index contributed by atoms with van der Waals surface area (Å²) in [6, 6.07) is 16.1. The third-order valence-corrected chi connectivity index (χ3v) is 9.32. The molecule has 0 saturated heterocycles. The molecular weight excluding hydrogens is 601 g/mol. The fraction of sp³-hybridized carbons (Fsp3) is 0.333. The fourth-order valence-electron chi connectivity index (χ4n) is 4.13. The zero-order valence-electron chi connectivity index (χ0n) is 24.1. The number of hydrogen-bond acceptors (Lipinski definition) is 6. The molecule has 3 aromatic carbocycles. The second-order valence-electron chi connectivity index (χ2n) is 9.58. The van der Waals surface area contributed by atoms with Crippen molar-refractivity contribution in [3.63, 3.8) is 0 Å². The predicted molar refractivity (Wildman–Crippen MR) is 165 cm³/mol. The summed E-state index contributed by atoms with van der Waals surface area (Å²) in [6.07, 6.45) is 0.686. The van der Waals surface area contributed by atoms with Crippen molar-refractivity contribution >= 4 is 50.7 Å². The number of sulfonamides is 1. The summed E-state index contributed by atoms with van der Waals surface area (Å²) in [5, 5.41) is 3.51. The molecular formula is C30H35Cl2N3O6S. The van der Waals surface area contributed by atoms with E-state index in [1.165, 1.54) is 43.4 Å². The first-order valence-electron chi connectivity index (χ1n) is 13.3. The van der Waals surface area contributed by atoms with Crippen molar-refractivity contribution in [2.45, 2.75) is 50.7 Å². The first kappa shape index (κ1) is 33.0. The first-order valence-corrected chi connectivity index (χ1v) is 15.5. The van der Waals surface area contributed by atoms with Gasteiger partial charge >= 0.3 is 0 Å². The number of nitrogens with one attached hydrogen (secondary N) is 1. The Morgan fingerprint density at radius 3 is 2.10 bits per heavy atom. The Labute approximate surface area is 257 Å². The molecule has 0 heterocycles. The van der Waals surface area contributed by atoms with Gasteiger partial charge in [-0.25, -0.2) is 8.42 Å². The fourth-order valence-corrected chi connectivity index (χ4v) is 6.07. The summed E-state index contributed by atoms with van der Waals surface area (Å²) >= 11 is 12.9. The van der Waals surface area contributed by atoms with E-state index >= 15 is 0 Å². The monoisotopic (exact) mass is 635 g/mol. The van der Waals surface area contributed by atoms with Gasteiger partial charge in [-0.15, -0.1) is 0 Å². The number of rotatable bonds is 13. The van der Waals surface area contributed by atoms with E-state index in [-0.39, 0.29) is 28.9 Å². The molecule has 0 unspecified atom stereocenters. The van der Waals surface area contributed by atoms with E-state index in [9.17, 15) is 18.0 Å². The van der Waals surface area contributed by atoms with E-state index in [1.807, 2.05) is 13.8 Å². The Kier molecular flexibility index (Phi) is 11.5. The minimum atomic E-state index is -4.25. The smallest absolute Gasteiger partial charge is 0.264 e. The van der Waals surface area contributed by atoms with Gasteiger partial charge in [-0.1, -0.05) is 54.4 Å². The van der Waals surface area contributed by atoms with Crippen LogP contribution in [-0.4, -0.2) is 58.0 Å². The van der Waals surface area contributed by atoms with E-state index in [1.54, 1.807) is 49.4 Å². The normalized spacial score (nSPS) is 12.6. The summed E-state index contributed by atoms with van der Waals surface area (Å²) in [6.45, 7) is 4.60. The van der Waals surface area contributed by atoms with Crippen molar-refractivity contribution in [3.8, 4) is 11.5 Å². The SMILES string of the molecule is CC[C@H](C)NC(=O)[C@H](C)N(Cc1c(Cl)cccc1Cl)C(=O)CN(c1ccc(OC)c(OC)c1)S(=O)(=O)c1ccccc1. The highest BCUT2D eigenvalue weighted by molar-refractivity contribution is 7.92. The van der Waals surface area contributed by atoms with Crippen molar-refractivity contribution in [2.24, 2.45) is 0 Å². The number of anilines is 1. The van der Waals surface area contributed by atoms with Gasteiger partial charge in [-0.2, -0.15) is 0 Å². The Balaban J connectivity index is 2.11. The van der Waals surface area contributed by atoms with Crippen LogP contribution in [0.15, 0.2) is 71.6 Å². The molecule has 3 aromatic rings. The van der Waals surface area contributed by atoms with Crippen molar-refractivity contribution < 1.29 is 27.5 Å². The molecule has 2 atom stereocenters. The third kappa shape index (κ3) is 7.67. The maximum Gasteiger partial charge on any atom is 0.264 e. The second-order valence-corrected chi connectivity index (χ2v) is 12.3. The van der Waals surface area contributed by atoms with Crippen LogP contribution in [0.2, 0.25) is 10.0 Å². The van der Waals surface area contributed by atoms with Crippen molar-refractivity contribution in [3.05, 3.63) is 82.3 Å². The number of ether oxygens (including phenoxy) is 2. The van der Waals surface area contributed by atoms with Crippen LogP contribution in [0.3, 0.4) is 0 Å². The quantitative estimate of drug-likeness (QED) is 0.264. The van der Waals surface area contributed by atoms with E-state index in [0.29, 0.717) is 27.8 Å². The molecule has 9 nitrogen and oxygen atoms in total. The minimum Gasteiger partial charge on any atom is -0.493 e. The average molecular weight is 637 g/mol. The van der Waals surface area contributed by atoms with Gasteiger partial charge < -0.3 is 19.7 Å². The van der Waals surface area contributed by atoms with E-state index in [0.717, 1.165) is 4.31 Å². The number of methoxy groups -OCH3 is 2. The highest BCUT2D eigenvalue weighted by atomic mass is 35.5. The molecule has 42 heavy (non-hydrogen) atoms. The van der Waals surface area contributed by atoms with Crippen LogP contribution in [0.25, 0.3) is 0 Å². The van der Waals surface area contributed by atoms with Crippen LogP contribution in [0, 0.1) is 0 Å². The summed E-state index contributed by atoms with van der Waals surface area (Å²) < 4.78 is 39.6. The Morgan fingerprint density at radius 1 is 0.905 bits per heavy atom. The number of carbonyl (C=O) groups is 2. The maximum atomic E-state index is 14.1. The summed E-state index contributed by atoms with van der Waals surface area (Å²) in [5.74, 6) is -0.386. The molecule has 3 rings (SSSR count). The Hall–Kier alpha value is -3.47. The van der Waals surface area contributed by atoms with E-state index < -0.39 is 34.4 Å². The molecule has 226 valence electrons. The lowest BCUT2D eigenvalue weighted by Crippen LogP contribution is -2.52. The van der Waals surface area contributed by atoms with Gasteiger partial charge in [0.05, 0.1) is 24.8 Å². The van der Waals surface area contributed by atoms with Crippen LogP contribution < -0.4 is 19.1 Å². The summed E-state index contributed by atoms with van der Waals surface area (Å²) in [5.41, 5.74) is 0.596. The van der Waals surface area contributed by atoms with Gasteiger partial charge in [-0.3, -0.25) is 13.9 Å². The van der Waals surface area contributed by atoms with Gasteiger partial charge in [-0.05, 0) is 56.7 Å². The minimum absolute atomic E-state index is 0.0177. The first-order chi connectivity index (χ1) is 19.9. The lowest BCUT2D eigenvalue weighted by molar-refractivity contribution is -0.139. The van der Waals surface area contributed by atoms with Gasteiger partial charge in [0.2, 0.25) is 11.8 Å². The Bertz CT molecular complexity index is 1480. The van der Waals surface area contributed by atoms with Gasteiger partial charge in [0.15, 0.2) is 11.5 Å². The van der Waals surface area contributed by atoms with Crippen molar-refractivity contribution in [1.82, 2.24) is 10.2 Å². The number of nitrogens with zero attached hydrogens (tertiary/aromatic N) is 2. The number of amides is 2. The zero-order chi connectivity index (χ0) is 31.0. The van der Waals surface area contributed by atoms with Crippen LogP contribution in [0.1, 0.15) is 32.8 Å². The van der Waals surface area contributed by atoms with Gasteiger partial charge in [0.1, 0.15) is 12.6 Å². The number of hydrogen-bond donors (Lipinski definition) is 1. The molecule has 0 fully saturated rings. The molecule has 12 heteroatoms. The lowest BCUT2D eigenvalue weighted by atomic mass is 10.1. The standard InChI is InChI=1S/C30H35Cl2N3O6S/c1-6-20(2)33-30(37)21(3)34(18-24-25(31)13-10-14-26(24)32)29(36)19-35(42(38,39)23-11-8-7-9-12-23)22-15-16-27(40-4)28(17-22)41-5/h7-17,20-21H,6,18-19H2,1-5H3,(H,33,37)/t20-,21-/m0/s1. The Morgan fingerprint density at radius 2 is 1.52 bits per heavy atom. The van der Waals surface area contributed by atoms with Crippen molar-refractivity contribution in [1.29, 1.82) is 0 Å². The van der Waals surface area contributed by atoms with Gasteiger partial charge in [0, 0.05) is 34.3 Å². The van der Waals surface area contributed by atoms with Crippen LogP contribution in [-0.2, 0) is 26.2 Å². The molecule has 0 saturated carbocycles. The molecule has 2 amide bonds. The molecule has 0 bridgehead atoms. The van der Waals surface area contributed by atoms with Gasteiger partial charge in [0.25, 0.3) is 10.0 Å². The molecule has 0 aliphatic rings.